The summed E-state index contributed by atoms with van der Waals surface area (Å²) >= 11 is 0. The Morgan fingerprint density at radius 2 is 2.07 bits per heavy atom. The highest BCUT2D eigenvalue weighted by Gasteiger charge is 2.38. The average Bonchev–Trinajstić information content (AvgIpc) is 2.60. The van der Waals surface area contributed by atoms with Crippen molar-refractivity contribution in [3.63, 3.8) is 0 Å². The molecule has 0 amide bonds. The first kappa shape index (κ1) is 9.97. The summed E-state index contributed by atoms with van der Waals surface area (Å²) in [6.45, 7) is 3.22. The second kappa shape index (κ2) is 3.89. The Morgan fingerprint density at radius 1 is 1.36 bits per heavy atom. The second-order valence-corrected chi connectivity index (χ2v) is 4.77. The van der Waals surface area contributed by atoms with E-state index in [2.05, 4.69) is 11.8 Å². The van der Waals surface area contributed by atoms with Crippen LogP contribution in [0.25, 0.3) is 0 Å². The Hall–Kier alpha value is -0.570. The highest BCUT2D eigenvalue weighted by molar-refractivity contribution is 5.82. The van der Waals surface area contributed by atoms with E-state index in [4.69, 9.17) is 11.1 Å². The van der Waals surface area contributed by atoms with Gasteiger partial charge < -0.3 is 5.73 Å². The molecule has 3 heteroatoms. The molecule has 3 nitrogen and oxygen atoms in total. The fourth-order valence-electron chi connectivity index (χ4n) is 3.10. The van der Waals surface area contributed by atoms with Gasteiger partial charge in [0.1, 0.15) is 5.84 Å². The van der Waals surface area contributed by atoms with E-state index in [1.54, 1.807) is 0 Å². The number of hydrogen-bond acceptors (Lipinski definition) is 2. The van der Waals surface area contributed by atoms with Crippen LogP contribution in [0, 0.1) is 11.3 Å². The van der Waals surface area contributed by atoms with Gasteiger partial charge in [0, 0.05) is 6.04 Å². The standard InChI is InChI=1S/C11H21N3/c1-8(11(12)13)14-7-6-9-4-2-3-5-10(9)14/h8-10H,2-7H2,1H3,(H3,12,13). The van der Waals surface area contributed by atoms with Crippen LogP contribution >= 0.6 is 0 Å². The van der Waals surface area contributed by atoms with Crippen LogP contribution in [0.3, 0.4) is 0 Å². The lowest BCUT2D eigenvalue weighted by atomic mass is 9.85. The normalized spacial score (nSPS) is 35.2. The third-order valence-corrected chi connectivity index (χ3v) is 4.00. The summed E-state index contributed by atoms with van der Waals surface area (Å²) in [5, 5.41) is 7.51. The first-order chi connectivity index (χ1) is 6.70. The number of nitrogens with zero attached hydrogens (tertiary/aromatic N) is 1. The fourth-order valence-corrected chi connectivity index (χ4v) is 3.10. The van der Waals surface area contributed by atoms with E-state index < -0.39 is 0 Å². The maximum atomic E-state index is 7.51. The lowest BCUT2D eigenvalue weighted by Gasteiger charge is -2.35. The summed E-state index contributed by atoms with van der Waals surface area (Å²) in [6.07, 6.45) is 6.81. The summed E-state index contributed by atoms with van der Waals surface area (Å²) in [5.74, 6) is 1.22. The Labute approximate surface area is 86.2 Å². The molecule has 3 N–H and O–H groups in total. The molecular formula is C11H21N3. The van der Waals surface area contributed by atoms with Crippen molar-refractivity contribution >= 4 is 5.84 Å². The number of likely N-dealkylation sites (tertiary alicyclic amines) is 1. The van der Waals surface area contributed by atoms with Gasteiger partial charge in [0.2, 0.25) is 0 Å². The molecule has 0 aromatic rings. The van der Waals surface area contributed by atoms with E-state index in [9.17, 15) is 0 Å². The van der Waals surface area contributed by atoms with Gasteiger partial charge in [-0.2, -0.15) is 0 Å². The zero-order chi connectivity index (χ0) is 10.1. The van der Waals surface area contributed by atoms with Crippen LogP contribution in [0.2, 0.25) is 0 Å². The molecule has 2 fully saturated rings. The third kappa shape index (κ3) is 1.65. The minimum absolute atomic E-state index is 0.156. The van der Waals surface area contributed by atoms with Crippen LogP contribution in [0.5, 0.6) is 0 Å². The molecule has 0 bridgehead atoms. The lowest BCUT2D eigenvalue weighted by molar-refractivity contribution is 0.168. The highest BCUT2D eigenvalue weighted by atomic mass is 15.2. The molecule has 80 valence electrons. The van der Waals surface area contributed by atoms with Gasteiger partial charge in [-0.3, -0.25) is 10.3 Å². The molecule has 1 heterocycles. The van der Waals surface area contributed by atoms with Crippen LogP contribution < -0.4 is 5.73 Å². The number of hydrogen-bond donors (Lipinski definition) is 2. The molecule has 3 atom stereocenters. The molecule has 0 radical (unpaired) electrons. The number of nitrogens with one attached hydrogen (secondary N) is 1. The molecule has 2 aliphatic rings. The van der Waals surface area contributed by atoms with Gasteiger partial charge in [-0.15, -0.1) is 0 Å². The van der Waals surface area contributed by atoms with Crippen LogP contribution in [0.4, 0.5) is 0 Å². The Morgan fingerprint density at radius 3 is 2.79 bits per heavy atom. The van der Waals surface area contributed by atoms with Crippen LogP contribution in [-0.4, -0.2) is 29.4 Å². The average molecular weight is 195 g/mol. The largest absolute Gasteiger partial charge is 0.386 e. The van der Waals surface area contributed by atoms with Crippen LogP contribution in [0.1, 0.15) is 39.0 Å². The van der Waals surface area contributed by atoms with Crippen molar-refractivity contribution < 1.29 is 0 Å². The van der Waals surface area contributed by atoms with Gasteiger partial charge >= 0.3 is 0 Å². The summed E-state index contributed by atoms with van der Waals surface area (Å²) in [7, 11) is 0. The molecule has 14 heavy (non-hydrogen) atoms. The number of amidine groups is 1. The molecule has 3 unspecified atom stereocenters. The Balaban J connectivity index is 2.03. The molecule has 1 aliphatic carbocycles. The maximum Gasteiger partial charge on any atom is 0.108 e. The number of rotatable bonds is 2. The van der Waals surface area contributed by atoms with Gasteiger partial charge in [-0.05, 0) is 38.6 Å². The minimum atomic E-state index is 0.156. The minimum Gasteiger partial charge on any atom is -0.386 e. The van der Waals surface area contributed by atoms with E-state index in [1.807, 2.05) is 0 Å². The highest BCUT2D eigenvalue weighted by Crippen LogP contribution is 2.36. The van der Waals surface area contributed by atoms with Crippen molar-refractivity contribution in [3.05, 3.63) is 0 Å². The van der Waals surface area contributed by atoms with Gasteiger partial charge in [0.25, 0.3) is 0 Å². The van der Waals surface area contributed by atoms with Crippen molar-refractivity contribution in [3.8, 4) is 0 Å². The predicted molar refractivity (Wildman–Crippen MR) is 58.4 cm³/mol. The molecule has 0 aromatic carbocycles. The van der Waals surface area contributed by atoms with Crippen molar-refractivity contribution in [2.75, 3.05) is 6.54 Å². The number of fused-ring (bicyclic) bond motifs is 1. The quantitative estimate of drug-likeness (QED) is 0.519. The zero-order valence-corrected chi connectivity index (χ0v) is 9.00. The molecule has 0 spiro atoms. The van der Waals surface area contributed by atoms with Gasteiger partial charge in [0.15, 0.2) is 0 Å². The fraction of sp³-hybridized carbons (Fsp3) is 0.909. The van der Waals surface area contributed by atoms with E-state index in [0.29, 0.717) is 5.84 Å². The Kier molecular flexibility index (Phi) is 2.77. The summed E-state index contributed by atoms with van der Waals surface area (Å²) < 4.78 is 0. The van der Waals surface area contributed by atoms with Crippen molar-refractivity contribution in [2.45, 2.75) is 51.1 Å². The van der Waals surface area contributed by atoms with Gasteiger partial charge in [0.05, 0.1) is 6.04 Å². The number of nitrogens with two attached hydrogens (primary N) is 1. The van der Waals surface area contributed by atoms with Crippen molar-refractivity contribution in [1.82, 2.24) is 4.90 Å². The van der Waals surface area contributed by atoms with Gasteiger partial charge in [-0.1, -0.05) is 12.8 Å². The molecule has 2 rings (SSSR count). The monoisotopic (exact) mass is 195 g/mol. The maximum absolute atomic E-state index is 7.51. The molecule has 1 aliphatic heterocycles. The second-order valence-electron chi connectivity index (χ2n) is 4.77. The Bertz CT molecular complexity index is 227. The van der Waals surface area contributed by atoms with E-state index in [-0.39, 0.29) is 6.04 Å². The lowest BCUT2D eigenvalue weighted by Crippen LogP contribution is -2.46. The first-order valence-electron chi connectivity index (χ1n) is 5.80. The SMILES string of the molecule is CC(C(=N)N)N1CCC2CCCCC21. The van der Waals surface area contributed by atoms with Crippen LogP contribution in [-0.2, 0) is 0 Å². The molecule has 1 saturated carbocycles. The predicted octanol–water partition coefficient (Wildman–Crippen LogP) is 1.58. The van der Waals surface area contributed by atoms with Crippen molar-refractivity contribution in [1.29, 1.82) is 5.41 Å². The van der Waals surface area contributed by atoms with Gasteiger partial charge in [-0.25, -0.2) is 0 Å². The third-order valence-electron chi connectivity index (χ3n) is 4.00. The summed E-state index contributed by atoms with van der Waals surface area (Å²) in [4.78, 5) is 2.45. The molecule has 1 saturated heterocycles. The summed E-state index contributed by atoms with van der Waals surface area (Å²) in [5.41, 5.74) is 5.58. The first-order valence-corrected chi connectivity index (χ1v) is 5.80. The van der Waals surface area contributed by atoms with E-state index in [1.165, 1.54) is 32.1 Å². The topological polar surface area (TPSA) is 53.1 Å². The molecular weight excluding hydrogens is 174 g/mol. The zero-order valence-electron chi connectivity index (χ0n) is 9.00. The smallest absolute Gasteiger partial charge is 0.108 e. The van der Waals surface area contributed by atoms with Crippen LogP contribution in [0.15, 0.2) is 0 Å². The molecule has 0 aromatic heterocycles. The van der Waals surface area contributed by atoms with Crippen molar-refractivity contribution in [2.24, 2.45) is 11.7 Å². The van der Waals surface area contributed by atoms with E-state index in [0.717, 1.165) is 18.5 Å². The summed E-state index contributed by atoms with van der Waals surface area (Å²) in [6, 6.07) is 0.880. The van der Waals surface area contributed by atoms with E-state index >= 15 is 0 Å².